The lowest BCUT2D eigenvalue weighted by Gasteiger charge is -2.32. The van der Waals surface area contributed by atoms with Crippen LogP contribution in [0, 0.1) is 5.92 Å². The molecule has 6 nitrogen and oxygen atoms in total. The molecule has 0 spiro atoms. The van der Waals surface area contributed by atoms with Crippen molar-refractivity contribution in [2.24, 2.45) is 5.92 Å². The predicted octanol–water partition coefficient (Wildman–Crippen LogP) is 4.93. The first-order chi connectivity index (χ1) is 16.1. The number of phenols is 1. The third-order valence-electron chi connectivity index (χ3n) is 6.11. The number of para-hydroxylation sites is 1. The molecule has 3 aromatic carbocycles. The Morgan fingerprint density at radius 1 is 1.06 bits per heavy atom. The number of anilines is 1. The minimum absolute atomic E-state index is 0.0453. The molecule has 1 heterocycles. The van der Waals surface area contributed by atoms with Crippen LogP contribution in [0.3, 0.4) is 0 Å². The lowest BCUT2D eigenvalue weighted by atomic mass is 9.96. The van der Waals surface area contributed by atoms with Gasteiger partial charge < -0.3 is 19.9 Å². The van der Waals surface area contributed by atoms with Crippen molar-refractivity contribution in [1.29, 1.82) is 0 Å². The van der Waals surface area contributed by atoms with Crippen molar-refractivity contribution in [3.8, 4) is 28.4 Å². The number of ether oxygens (including phenoxy) is 2. The van der Waals surface area contributed by atoms with Gasteiger partial charge in [0.15, 0.2) is 11.5 Å². The fraction of sp³-hybridized carbons (Fsp3) is 0.296. The van der Waals surface area contributed by atoms with Crippen LogP contribution >= 0.6 is 0 Å². The number of rotatable bonds is 7. The van der Waals surface area contributed by atoms with Gasteiger partial charge in [0.25, 0.3) is 0 Å². The van der Waals surface area contributed by atoms with E-state index in [9.17, 15) is 9.90 Å². The highest BCUT2D eigenvalue weighted by Crippen LogP contribution is 2.31. The Labute approximate surface area is 194 Å². The van der Waals surface area contributed by atoms with Crippen molar-refractivity contribution in [2.45, 2.75) is 19.4 Å². The molecule has 0 aromatic heterocycles. The number of phenolic OH excluding ortho intramolecular Hbond substituents is 1. The number of benzene rings is 3. The zero-order valence-electron chi connectivity index (χ0n) is 19.1. The number of methoxy groups -OCH3 is 2. The number of nitrogens with one attached hydrogen (secondary N) is 1. The zero-order valence-corrected chi connectivity index (χ0v) is 19.1. The van der Waals surface area contributed by atoms with Crippen LogP contribution in [0.15, 0.2) is 66.7 Å². The van der Waals surface area contributed by atoms with Crippen LogP contribution in [0.5, 0.6) is 17.2 Å². The summed E-state index contributed by atoms with van der Waals surface area (Å²) in [5.74, 6) is 1.36. The van der Waals surface area contributed by atoms with E-state index in [1.807, 2.05) is 60.7 Å². The number of likely N-dealkylation sites (tertiary alicyclic amines) is 1. The highest BCUT2D eigenvalue weighted by atomic mass is 16.5. The highest BCUT2D eigenvalue weighted by molar-refractivity contribution is 5.97. The summed E-state index contributed by atoms with van der Waals surface area (Å²) in [7, 11) is 3.19. The average molecular weight is 447 g/mol. The molecule has 1 aliphatic heterocycles. The van der Waals surface area contributed by atoms with Gasteiger partial charge in [-0.1, -0.05) is 36.4 Å². The van der Waals surface area contributed by atoms with Gasteiger partial charge in [0.1, 0.15) is 5.75 Å². The largest absolute Gasteiger partial charge is 0.504 e. The number of piperidine rings is 1. The standard InChI is InChI=1S/C27H30N2O4/c1-32-22-12-10-20(11-13-22)23-7-3-4-8-24(23)28-27(31)21-6-5-15-29(18-21)17-19-9-14-25(30)26(16-19)33-2/h3-4,7-14,16,21,30H,5-6,15,17-18H2,1-2H3,(H,28,31). The van der Waals surface area contributed by atoms with Crippen molar-refractivity contribution >= 4 is 11.6 Å². The van der Waals surface area contributed by atoms with E-state index < -0.39 is 0 Å². The van der Waals surface area contributed by atoms with Gasteiger partial charge in [-0.15, -0.1) is 0 Å². The maximum atomic E-state index is 13.2. The van der Waals surface area contributed by atoms with Gasteiger partial charge in [-0.2, -0.15) is 0 Å². The van der Waals surface area contributed by atoms with E-state index in [4.69, 9.17) is 9.47 Å². The van der Waals surface area contributed by atoms with Crippen LogP contribution in [0.2, 0.25) is 0 Å². The minimum atomic E-state index is -0.0818. The van der Waals surface area contributed by atoms with Crippen LogP contribution in [0.1, 0.15) is 18.4 Å². The molecule has 172 valence electrons. The van der Waals surface area contributed by atoms with Crippen molar-refractivity contribution in [1.82, 2.24) is 4.90 Å². The zero-order chi connectivity index (χ0) is 23.2. The molecular weight excluding hydrogens is 416 g/mol. The number of amides is 1. The Bertz CT molecular complexity index is 1100. The van der Waals surface area contributed by atoms with E-state index in [1.54, 1.807) is 20.3 Å². The smallest absolute Gasteiger partial charge is 0.228 e. The van der Waals surface area contributed by atoms with Crippen molar-refractivity contribution in [3.05, 3.63) is 72.3 Å². The van der Waals surface area contributed by atoms with Gasteiger partial charge in [0.05, 0.1) is 20.1 Å². The lowest BCUT2D eigenvalue weighted by molar-refractivity contribution is -0.121. The fourth-order valence-electron chi connectivity index (χ4n) is 4.34. The summed E-state index contributed by atoms with van der Waals surface area (Å²) in [5, 5.41) is 13.0. The Morgan fingerprint density at radius 3 is 2.61 bits per heavy atom. The quantitative estimate of drug-likeness (QED) is 0.539. The first-order valence-corrected chi connectivity index (χ1v) is 11.2. The van der Waals surface area contributed by atoms with E-state index in [0.717, 1.165) is 47.5 Å². The third-order valence-corrected chi connectivity index (χ3v) is 6.11. The molecule has 3 aromatic rings. The Hall–Kier alpha value is -3.51. The fourth-order valence-corrected chi connectivity index (χ4v) is 4.34. The van der Waals surface area contributed by atoms with Crippen LogP contribution in [-0.4, -0.2) is 43.2 Å². The van der Waals surface area contributed by atoms with Crippen molar-refractivity contribution in [3.63, 3.8) is 0 Å². The number of hydrogen-bond acceptors (Lipinski definition) is 5. The molecule has 0 bridgehead atoms. The molecule has 0 radical (unpaired) electrons. The van der Waals surface area contributed by atoms with Gasteiger partial charge in [0.2, 0.25) is 5.91 Å². The highest BCUT2D eigenvalue weighted by Gasteiger charge is 2.26. The second-order valence-corrected chi connectivity index (χ2v) is 8.34. The van der Waals surface area contributed by atoms with Gasteiger partial charge in [-0.05, 0) is 60.8 Å². The molecule has 33 heavy (non-hydrogen) atoms. The maximum Gasteiger partial charge on any atom is 0.228 e. The summed E-state index contributed by atoms with van der Waals surface area (Å²) in [6.45, 7) is 2.35. The summed E-state index contributed by atoms with van der Waals surface area (Å²) in [6.07, 6.45) is 1.83. The molecule has 1 aliphatic rings. The van der Waals surface area contributed by atoms with E-state index in [1.165, 1.54) is 0 Å². The third kappa shape index (κ3) is 5.46. The number of hydrogen-bond donors (Lipinski definition) is 2. The molecule has 1 amide bonds. The van der Waals surface area contributed by atoms with E-state index in [0.29, 0.717) is 18.8 Å². The monoisotopic (exact) mass is 446 g/mol. The van der Waals surface area contributed by atoms with Gasteiger partial charge in [-0.3, -0.25) is 9.69 Å². The summed E-state index contributed by atoms with van der Waals surface area (Å²) in [6, 6.07) is 21.1. The second-order valence-electron chi connectivity index (χ2n) is 8.34. The van der Waals surface area contributed by atoms with Crippen LogP contribution in [0.4, 0.5) is 5.69 Å². The molecule has 1 fully saturated rings. The minimum Gasteiger partial charge on any atom is -0.504 e. The van der Waals surface area contributed by atoms with Gasteiger partial charge in [0, 0.05) is 24.3 Å². The Morgan fingerprint density at radius 2 is 1.85 bits per heavy atom. The maximum absolute atomic E-state index is 13.2. The molecule has 0 aliphatic carbocycles. The Balaban J connectivity index is 1.43. The SMILES string of the molecule is COc1ccc(-c2ccccc2NC(=O)C2CCCN(Cc3ccc(O)c(OC)c3)C2)cc1. The van der Waals surface area contributed by atoms with Crippen molar-refractivity contribution < 1.29 is 19.4 Å². The molecule has 0 saturated carbocycles. The number of aromatic hydroxyl groups is 1. The summed E-state index contributed by atoms with van der Waals surface area (Å²) in [5.41, 5.74) is 3.87. The van der Waals surface area contributed by atoms with Gasteiger partial charge in [-0.25, -0.2) is 0 Å². The molecule has 2 N–H and O–H groups in total. The van der Waals surface area contributed by atoms with Crippen LogP contribution in [-0.2, 0) is 11.3 Å². The van der Waals surface area contributed by atoms with E-state index in [-0.39, 0.29) is 17.6 Å². The topological polar surface area (TPSA) is 71.0 Å². The molecular formula is C27H30N2O4. The van der Waals surface area contributed by atoms with Crippen LogP contribution in [0.25, 0.3) is 11.1 Å². The summed E-state index contributed by atoms with van der Waals surface area (Å²) < 4.78 is 10.5. The number of nitrogens with zero attached hydrogens (tertiary/aromatic N) is 1. The summed E-state index contributed by atoms with van der Waals surface area (Å²) >= 11 is 0. The predicted molar refractivity (Wildman–Crippen MR) is 130 cm³/mol. The molecule has 6 heteroatoms. The van der Waals surface area contributed by atoms with E-state index >= 15 is 0 Å². The molecule has 1 atom stereocenters. The molecule has 4 rings (SSSR count). The van der Waals surface area contributed by atoms with E-state index in [2.05, 4.69) is 10.2 Å². The van der Waals surface area contributed by atoms with Crippen molar-refractivity contribution in [2.75, 3.05) is 32.6 Å². The second kappa shape index (κ2) is 10.4. The van der Waals surface area contributed by atoms with Gasteiger partial charge >= 0.3 is 0 Å². The first kappa shape index (κ1) is 22.7. The molecule has 1 saturated heterocycles. The normalized spacial score (nSPS) is 16.2. The van der Waals surface area contributed by atoms with Crippen LogP contribution < -0.4 is 14.8 Å². The number of carbonyl (C=O) groups excluding carboxylic acids is 1. The Kier molecular flexibility index (Phi) is 7.15. The lowest BCUT2D eigenvalue weighted by Crippen LogP contribution is -2.40. The number of carbonyl (C=O) groups is 1. The summed E-state index contributed by atoms with van der Waals surface area (Å²) in [4.78, 5) is 15.5. The molecule has 1 unspecified atom stereocenters. The average Bonchev–Trinajstić information content (AvgIpc) is 2.86. The first-order valence-electron chi connectivity index (χ1n) is 11.2.